The average molecular weight is 255 g/mol. The van der Waals surface area contributed by atoms with E-state index in [2.05, 4.69) is 5.10 Å². The molecule has 0 aromatic carbocycles. The fourth-order valence-corrected chi connectivity index (χ4v) is 2.56. The summed E-state index contributed by atoms with van der Waals surface area (Å²) in [4.78, 5) is 12.0. The van der Waals surface area contributed by atoms with E-state index < -0.39 is 0 Å². The average Bonchev–Trinajstić information content (AvgIpc) is 2.53. The number of rotatable bonds is 5. The second-order valence-corrected chi connectivity index (χ2v) is 5.03. The van der Waals surface area contributed by atoms with E-state index in [0.717, 1.165) is 37.2 Å². The molecule has 0 amide bonds. The summed E-state index contributed by atoms with van der Waals surface area (Å²) in [6, 6.07) is 0. The van der Waals surface area contributed by atoms with Crippen LogP contribution in [0, 0.1) is 5.92 Å². The predicted molar refractivity (Wildman–Crippen MR) is 68.3 cm³/mol. The maximum atomic E-state index is 12.0. The van der Waals surface area contributed by atoms with E-state index in [0.29, 0.717) is 17.2 Å². The Morgan fingerprint density at radius 3 is 2.65 bits per heavy atom. The molecule has 2 rings (SSSR count). The minimum atomic E-state index is 0.274. The van der Waals surface area contributed by atoms with E-state index >= 15 is 0 Å². The third kappa shape index (κ3) is 2.39. The molecular weight excluding hydrogens is 236 g/mol. The van der Waals surface area contributed by atoms with Gasteiger partial charge in [0, 0.05) is 12.5 Å². The van der Waals surface area contributed by atoms with Crippen molar-refractivity contribution in [3.05, 3.63) is 16.4 Å². The van der Waals surface area contributed by atoms with E-state index in [-0.39, 0.29) is 5.92 Å². The highest BCUT2D eigenvalue weighted by atomic mass is 35.5. The van der Waals surface area contributed by atoms with Gasteiger partial charge in [-0.25, -0.2) is 0 Å². The summed E-state index contributed by atoms with van der Waals surface area (Å²) >= 11 is 6.28. The van der Waals surface area contributed by atoms with Crippen LogP contribution in [0.5, 0.6) is 0 Å². The molecular formula is C13H19ClN2O. The predicted octanol–water partition coefficient (Wildman–Crippen LogP) is 3.03. The Kier molecular flexibility index (Phi) is 3.87. The van der Waals surface area contributed by atoms with Gasteiger partial charge in [-0.2, -0.15) is 5.10 Å². The van der Waals surface area contributed by atoms with Gasteiger partial charge in [0.05, 0.1) is 22.8 Å². The Bertz CT molecular complexity index is 421. The molecule has 3 nitrogen and oxygen atoms in total. The first-order chi connectivity index (χ1) is 8.17. The van der Waals surface area contributed by atoms with Crippen LogP contribution in [-0.4, -0.2) is 15.6 Å². The maximum Gasteiger partial charge on any atom is 0.141 e. The Morgan fingerprint density at radius 2 is 2.18 bits per heavy atom. The highest BCUT2D eigenvalue weighted by Gasteiger charge is 2.27. The van der Waals surface area contributed by atoms with Crippen LogP contribution in [0.2, 0.25) is 5.02 Å². The number of carbonyl (C=O) groups excluding carboxylic acids is 1. The summed E-state index contributed by atoms with van der Waals surface area (Å²) in [5.41, 5.74) is 1.81. The van der Waals surface area contributed by atoms with Crippen molar-refractivity contribution in [2.45, 2.75) is 52.5 Å². The molecule has 1 saturated carbocycles. The number of aromatic nitrogens is 2. The Labute approximate surface area is 107 Å². The number of Topliss-reactive ketones (excluding diaryl/α,β-unsaturated/α-hetero) is 1. The first-order valence-corrected chi connectivity index (χ1v) is 6.81. The molecule has 0 spiro atoms. The van der Waals surface area contributed by atoms with Crippen LogP contribution in [0.25, 0.3) is 0 Å². The van der Waals surface area contributed by atoms with Gasteiger partial charge in [0.15, 0.2) is 0 Å². The van der Waals surface area contributed by atoms with Crippen molar-refractivity contribution >= 4 is 17.4 Å². The van der Waals surface area contributed by atoms with Gasteiger partial charge < -0.3 is 0 Å². The number of carbonyl (C=O) groups is 1. The number of halogens is 1. The second kappa shape index (κ2) is 5.21. The van der Waals surface area contributed by atoms with Gasteiger partial charge in [0.1, 0.15) is 5.78 Å². The van der Waals surface area contributed by atoms with Gasteiger partial charge >= 0.3 is 0 Å². The molecule has 0 radical (unpaired) electrons. The van der Waals surface area contributed by atoms with Crippen molar-refractivity contribution in [3.63, 3.8) is 0 Å². The molecule has 4 heteroatoms. The third-order valence-corrected chi connectivity index (χ3v) is 4.03. The van der Waals surface area contributed by atoms with Gasteiger partial charge in [-0.3, -0.25) is 9.48 Å². The smallest absolute Gasteiger partial charge is 0.141 e. The van der Waals surface area contributed by atoms with Crippen LogP contribution >= 0.6 is 11.6 Å². The molecule has 1 aromatic heterocycles. The maximum absolute atomic E-state index is 12.0. The number of hydrogen-bond acceptors (Lipinski definition) is 2. The Morgan fingerprint density at radius 1 is 1.47 bits per heavy atom. The zero-order valence-electron chi connectivity index (χ0n) is 10.5. The normalized spacial score (nSPS) is 15.9. The molecule has 0 aliphatic heterocycles. The van der Waals surface area contributed by atoms with Gasteiger partial charge in [-0.05, 0) is 26.2 Å². The topological polar surface area (TPSA) is 34.9 Å². The molecule has 1 aliphatic rings. The summed E-state index contributed by atoms with van der Waals surface area (Å²) < 4.78 is 1.87. The lowest BCUT2D eigenvalue weighted by Gasteiger charge is -2.23. The number of aryl methyl sites for hydroxylation is 2. The Hall–Kier alpha value is -0.830. The molecule has 0 bridgehead atoms. The van der Waals surface area contributed by atoms with Crippen molar-refractivity contribution in [1.29, 1.82) is 0 Å². The molecule has 0 atom stereocenters. The molecule has 1 aromatic rings. The first kappa shape index (κ1) is 12.6. The minimum absolute atomic E-state index is 0.274. The fraction of sp³-hybridized carbons (Fsp3) is 0.692. The lowest BCUT2D eigenvalue weighted by molar-refractivity contribution is -0.124. The van der Waals surface area contributed by atoms with Crippen molar-refractivity contribution in [3.8, 4) is 0 Å². The van der Waals surface area contributed by atoms with Crippen LogP contribution in [0.4, 0.5) is 0 Å². The molecule has 0 N–H and O–H groups in total. The van der Waals surface area contributed by atoms with E-state index in [1.165, 1.54) is 6.42 Å². The number of nitrogens with zero attached hydrogens (tertiary/aromatic N) is 2. The molecule has 1 aliphatic carbocycles. The van der Waals surface area contributed by atoms with E-state index in [1.54, 1.807) is 0 Å². The standard InChI is InChI=1S/C13H19ClN2O/c1-3-10-13(14)11(16(4-2)15-10)8-12(17)9-6-5-7-9/h9H,3-8H2,1-2H3. The van der Waals surface area contributed by atoms with Crippen LogP contribution in [0.15, 0.2) is 0 Å². The molecule has 94 valence electrons. The summed E-state index contributed by atoms with van der Waals surface area (Å²) in [7, 11) is 0. The highest BCUT2D eigenvalue weighted by molar-refractivity contribution is 6.32. The minimum Gasteiger partial charge on any atom is -0.299 e. The van der Waals surface area contributed by atoms with Crippen LogP contribution < -0.4 is 0 Å². The van der Waals surface area contributed by atoms with E-state index in [1.807, 2.05) is 18.5 Å². The quantitative estimate of drug-likeness (QED) is 0.810. The van der Waals surface area contributed by atoms with Gasteiger partial charge in [-0.15, -0.1) is 0 Å². The molecule has 0 unspecified atom stereocenters. The van der Waals surface area contributed by atoms with Gasteiger partial charge in [0.25, 0.3) is 0 Å². The fourth-order valence-electron chi connectivity index (χ4n) is 2.23. The number of ketones is 1. The third-order valence-electron chi connectivity index (χ3n) is 3.60. The lowest BCUT2D eigenvalue weighted by atomic mass is 9.81. The zero-order valence-corrected chi connectivity index (χ0v) is 11.3. The molecule has 1 heterocycles. The molecule has 17 heavy (non-hydrogen) atoms. The van der Waals surface area contributed by atoms with E-state index in [9.17, 15) is 4.79 Å². The molecule has 0 saturated heterocycles. The summed E-state index contributed by atoms with van der Waals surface area (Å²) in [6.45, 7) is 4.83. The SMILES string of the molecule is CCc1nn(CC)c(CC(=O)C2CCC2)c1Cl. The number of hydrogen-bond donors (Lipinski definition) is 0. The van der Waals surface area contributed by atoms with Crippen molar-refractivity contribution < 1.29 is 4.79 Å². The molecule has 1 fully saturated rings. The lowest BCUT2D eigenvalue weighted by Crippen LogP contribution is -2.24. The zero-order chi connectivity index (χ0) is 12.4. The van der Waals surface area contributed by atoms with Gasteiger partial charge in [0.2, 0.25) is 0 Å². The highest BCUT2D eigenvalue weighted by Crippen LogP contribution is 2.30. The monoisotopic (exact) mass is 254 g/mol. The second-order valence-electron chi connectivity index (χ2n) is 4.65. The van der Waals surface area contributed by atoms with Crippen LogP contribution in [-0.2, 0) is 24.2 Å². The van der Waals surface area contributed by atoms with Crippen molar-refractivity contribution in [2.75, 3.05) is 0 Å². The summed E-state index contributed by atoms with van der Waals surface area (Å²) in [5, 5.41) is 5.13. The largest absolute Gasteiger partial charge is 0.299 e. The first-order valence-electron chi connectivity index (χ1n) is 6.44. The van der Waals surface area contributed by atoms with Crippen molar-refractivity contribution in [2.24, 2.45) is 5.92 Å². The van der Waals surface area contributed by atoms with Crippen LogP contribution in [0.1, 0.15) is 44.5 Å². The van der Waals surface area contributed by atoms with Gasteiger partial charge in [-0.1, -0.05) is 24.9 Å². The van der Waals surface area contributed by atoms with E-state index in [4.69, 9.17) is 11.6 Å². The summed E-state index contributed by atoms with van der Waals surface area (Å²) in [6.07, 6.45) is 4.56. The Balaban J connectivity index is 2.18. The van der Waals surface area contributed by atoms with Crippen LogP contribution in [0.3, 0.4) is 0 Å². The summed E-state index contributed by atoms with van der Waals surface area (Å²) in [5.74, 6) is 0.603. The van der Waals surface area contributed by atoms with Crippen molar-refractivity contribution in [1.82, 2.24) is 9.78 Å².